The number of aromatic nitrogens is 3. The Labute approximate surface area is 110 Å². The number of methoxy groups -OCH3 is 1. The zero-order chi connectivity index (χ0) is 12.8. The first-order chi connectivity index (χ1) is 8.79. The van der Waals surface area contributed by atoms with Gasteiger partial charge in [-0.2, -0.15) is 5.10 Å². The van der Waals surface area contributed by atoms with E-state index in [1.54, 1.807) is 13.3 Å². The molecule has 0 N–H and O–H groups in total. The lowest BCUT2D eigenvalue weighted by Gasteiger charge is -2.06. The van der Waals surface area contributed by atoms with Gasteiger partial charge in [-0.05, 0) is 35.9 Å². The second-order valence-electron chi connectivity index (χ2n) is 3.48. The predicted molar refractivity (Wildman–Crippen MR) is 67.6 cm³/mol. The molecular weight excluding hydrogens is 254 g/mol. The summed E-state index contributed by atoms with van der Waals surface area (Å²) in [6, 6.07) is 7.51. The van der Waals surface area contributed by atoms with Crippen LogP contribution in [0.1, 0.15) is 0 Å². The maximum Gasteiger partial charge on any atom is 0.243 e. The molecule has 0 aliphatic rings. The van der Waals surface area contributed by atoms with Gasteiger partial charge in [0.1, 0.15) is 12.4 Å². The van der Waals surface area contributed by atoms with Crippen LogP contribution in [0.4, 0.5) is 0 Å². The molecule has 0 aliphatic carbocycles. The third kappa shape index (κ3) is 3.38. The van der Waals surface area contributed by atoms with Gasteiger partial charge in [-0.1, -0.05) is 0 Å². The highest BCUT2D eigenvalue weighted by atomic mass is 35.5. The standard InChI is InChI=1S/C12H12ClN3O2/c1-17-6-7-18-10-4-2-9(3-5-10)11-8-14-16-12(13)15-11/h2-5,8H,6-7H2,1H3. The second kappa shape index (κ2) is 6.28. The zero-order valence-corrected chi connectivity index (χ0v) is 10.6. The molecule has 1 aromatic carbocycles. The Bertz CT molecular complexity index is 505. The van der Waals surface area contributed by atoms with Gasteiger partial charge in [-0.15, -0.1) is 5.10 Å². The quantitative estimate of drug-likeness (QED) is 0.776. The lowest BCUT2D eigenvalue weighted by Crippen LogP contribution is -2.03. The van der Waals surface area contributed by atoms with Crippen molar-refractivity contribution < 1.29 is 9.47 Å². The zero-order valence-electron chi connectivity index (χ0n) is 9.84. The SMILES string of the molecule is COCCOc1ccc(-c2cnnc(Cl)n2)cc1. The fraction of sp³-hybridized carbons (Fsp3) is 0.250. The molecule has 5 nitrogen and oxygen atoms in total. The minimum absolute atomic E-state index is 0.132. The Morgan fingerprint density at radius 2 is 1.94 bits per heavy atom. The average Bonchev–Trinajstić information content (AvgIpc) is 2.40. The molecule has 0 radical (unpaired) electrons. The van der Waals surface area contributed by atoms with Gasteiger partial charge in [-0.3, -0.25) is 0 Å². The van der Waals surface area contributed by atoms with Gasteiger partial charge < -0.3 is 9.47 Å². The molecule has 18 heavy (non-hydrogen) atoms. The summed E-state index contributed by atoms with van der Waals surface area (Å²) in [4.78, 5) is 4.08. The monoisotopic (exact) mass is 265 g/mol. The van der Waals surface area contributed by atoms with E-state index in [0.29, 0.717) is 18.9 Å². The van der Waals surface area contributed by atoms with Crippen molar-refractivity contribution in [2.24, 2.45) is 0 Å². The molecule has 0 saturated heterocycles. The first-order valence-electron chi connectivity index (χ1n) is 5.37. The number of benzene rings is 1. The number of ether oxygens (including phenoxy) is 2. The summed E-state index contributed by atoms with van der Waals surface area (Å²) in [7, 11) is 1.64. The number of rotatable bonds is 5. The maximum atomic E-state index is 5.69. The van der Waals surface area contributed by atoms with E-state index in [1.807, 2.05) is 24.3 Å². The van der Waals surface area contributed by atoms with Crippen molar-refractivity contribution in [3.8, 4) is 17.0 Å². The number of nitrogens with zero attached hydrogens (tertiary/aromatic N) is 3. The number of halogens is 1. The van der Waals surface area contributed by atoms with Gasteiger partial charge >= 0.3 is 0 Å². The molecule has 2 rings (SSSR count). The highest BCUT2D eigenvalue weighted by Gasteiger charge is 2.02. The van der Waals surface area contributed by atoms with E-state index in [1.165, 1.54) is 0 Å². The number of hydrogen-bond acceptors (Lipinski definition) is 5. The maximum absolute atomic E-state index is 5.69. The molecule has 0 unspecified atom stereocenters. The smallest absolute Gasteiger partial charge is 0.243 e. The van der Waals surface area contributed by atoms with Crippen LogP contribution in [0.15, 0.2) is 30.5 Å². The van der Waals surface area contributed by atoms with Crippen LogP contribution in [0.2, 0.25) is 5.28 Å². The normalized spacial score (nSPS) is 10.3. The Morgan fingerprint density at radius 1 is 1.17 bits per heavy atom. The Hall–Kier alpha value is -1.72. The van der Waals surface area contributed by atoms with Gasteiger partial charge in [-0.25, -0.2) is 4.98 Å². The molecule has 0 saturated carbocycles. The van der Waals surface area contributed by atoms with Crippen molar-refractivity contribution in [2.45, 2.75) is 0 Å². The Kier molecular flexibility index (Phi) is 4.44. The molecule has 1 heterocycles. The largest absolute Gasteiger partial charge is 0.491 e. The average molecular weight is 266 g/mol. The van der Waals surface area contributed by atoms with E-state index in [4.69, 9.17) is 21.1 Å². The lowest BCUT2D eigenvalue weighted by atomic mass is 10.1. The van der Waals surface area contributed by atoms with Crippen LogP contribution >= 0.6 is 11.6 Å². The van der Waals surface area contributed by atoms with E-state index in [-0.39, 0.29) is 5.28 Å². The third-order valence-electron chi connectivity index (χ3n) is 2.24. The molecule has 0 aliphatic heterocycles. The summed E-state index contributed by atoms with van der Waals surface area (Å²) >= 11 is 5.69. The van der Waals surface area contributed by atoms with Crippen molar-refractivity contribution in [1.82, 2.24) is 15.2 Å². The van der Waals surface area contributed by atoms with E-state index in [9.17, 15) is 0 Å². The molecule has 1 aromatic heterocycles. The molecule has 6 heteroatoms. The van der Waals surface area contributed by atoms with Gasteiger partial charge in [0.2, 0.25) is 5.28 Å². The van der Waals surface area contributed by atoms with Gasteiger partial charge in [0.05, 0.1) is 18.5 Å². The van der Waals surface area contributed by atoms with E-state index in [2.05, 4.69) is 15.2 Å². The summed E-state index contributed by atoms with van der Waals surface area (Å²) in [6.45, 7) is 1.09. The molecule has 94 valence electrons. The van der Waals surface area contributed by atoms with Crippen LogP contribution in [-0.4, -0.2) is 35.5 Å². The first-order valence-corrected chi connectivity index (χ1v) is 5.75. The second-order valence-corrected chi connectivity index (χ2v) is 3.81. The predicted octanol–water partition coefficient (Wildman–Crippen LogP) is 2.22. The third-order valence-corrected chi connectivity index (χ3v) is 2.40. The molecule has 2 aromatic rings. The topological polar surface area (TPSA) is 57.1 Å². The van der Waals surface area contributed by atoms with Crippen LogP contribution in [0.5, 0.6) is 5.75 Å². The highest BCUT2D eigenvalue weighted by molar-refractivity contribution is 6.28. The molecule has 0 fully saturated rings. The van der Waals surface area contributed by atoms with Crippen molar-refractivity contribution in [2.75, 3.05) is 20.3 Å². The number of hydrogen-bond donors (Lipinski definition) is 0. The van der Waals surface area contributed by atoms with E-state index in [0.717, 1.165) is 11.3 Å². The molecule has 0 amide bonds. The summed E-state index contributed by atoms with van der Waals surface area (Å²) in [5.74, 6) is 0.781. The molecule has 0 atom stereocenters. The first kappa shape index (κ1) is 12.7. The van der Waals surface area contributed by atoms with E-state index < -0.39 is 0 Å². The fourth-order valence-electron chi connectivity index (χ4n) is 1.39. The lowest BCUT2D eigenvalue weighted by molar-refractivity contribution is 0.146. The fourth-order valence-corrected chi connectivity index (χ4v) is 1.52. The summed E-state index contributed by atoms with van der Waals surface area (Å²) < 4.78 is 10.4. The minimum atomic E-state index is 0.132. The van der Waals surface area contributed by atoms with Crippen molar-refractivity contribution in [1.29, 1.82) is 0 Å². The summed E-state index contributed by atoms with van der Waals surface area (Å²) in [5.41, 5.74) is 1.59. The van der Waals surface area contributed by atoms with Crippen LogP contribution < -0.4 is 4.74 Å². The van der Waals surface area contributed by atoms with Gasteiger partial charge in [0.15, 0.2) is 0 Å². The Balaban J connectivity index is 2.07. The minimum Gasteiger partial charge on any atom is -0.491 e. The van der Waals surface area contributed by atoms with E-state index >= 15 is 0 Å². The Morgan fingerprint density at radius 3 is 2.61 bits per heavy atom. The molecule has 0 spiro atoms. The van der Waals surface area contributed by atoms with Crippen LogP contribution in [0.3, 0.4) is 0 Å². The van der Waals surface area contributed by atoms with Crippen molar-refractivity contribution in [3.63, 3.8) is 0 Å². The van der Waals surface area contributed by atoms with Gasteiger partial charge in [0.25, 0.3) is 0 Å². The highest BCUT2D eigenvalue weighted by Crippen LogP contribution is 2.20. The van der Waals surface area contributed by atoms with Crippen LogP contribution in [-0.2, 0) is 4.74 Å². The van der Waals surface area contributed by atoms with Crippen molar-refractivity contribution >= 4 is 11.6 Å². The summed E-state index contributed by atoms with van der Waals surface area (Å²) in [6.07, 6.45) is 1.56. The van der Waals surface area contributed by atoms with Gasteiger partial charge in [0, 0.05) is 12.7 Å². The van der Waals surface area contributed by atoms with Crippen molar-refractivity contribution in [3.05, 3.63) is 35.7 Å². The summed E-state index contributed by atoms with van der Waals surface area (Å²) in [5, 5.41) is 7.48. The molecule has 0 bridgehead atoms. The molecular formula is C12H12ClN3O2. The van der Waals surface area contributed by atoms with Crippen LogP contribution in [0.25, 0.3) is 11.3 Å². The van der Waals surface area contributed by atoms with Crippen LogP contribution in [0, 0.1) is 0 Å².